The fraction of sp³-hybridized carbons (Fsp3) is 0.294. The molecule has 1 atom stereocenters. The fourth-order valence-electron chi connectivity index (χ4n) is 2.31. The third kappa shape index (κ3) is 5.07. The molecule has 0 aliphatic heterocycles. The number of hydrogen-bond acceptors (Lipinski definition) is 6. The number of nitrogens with one attached hydrogen (secondary N) is 1. The SMILES string of the molecule is Cc1cc(=O)oc2cc(OCC(=O)NC(CCC(=O)O)C(=O)O)ccc12. The van der Waals surface area contributed by atoms with Gasteiger partial charge in [-0.2, -0.15) is 0 Å². The summed E-state index contributed by atoms with van der Waals surface area (Å²) in [6, 6.07) is 4.75. The number of carboxylic acids is 2. The Bertz CT molecular complexity index is 901. The normalized spacial score (nSPS) is 11.7. The number of aryl methyl sites for hydroxylation is 1. The number of hydrogen-bond donors (Lipinski definition) is 3. The van der Waals surface area contributed by atoms with Gasteiger partial charge >= 0.3 is 17.6 Å². The van der Waals surface area contributed by atoms with Crippen molar-refractivity contribution in [2.75, 3.05) is 6.61 Å². The summed E-state index contributed by atoms with van der Waals surface area (Å²) in [6.45, 7) is 1.29. The van der Waals surface area contributed by atoms with Crippen LogP contribution >= 0.6 is 0 Å². The maximum absolute atomic E-state index is 11.8. The third-order valence-electron chi connectivity index (χ3n) is 3.57. The zero-order chi connectivity index (χ0) is 19.3. The van der Waals surface area contributed by atoms with Crippen molar-refractivity contribution in [3.05, 3.63) is 40.2 Å². The van der Waals surface area contributed by atoms with Crippen LogP contribution in [0.5, 0.6) is 5.75 Å². The van der Waals surface area contributed by atoms with Crippen LogP contribution in [-0.2, 0) is 14.4 Å². The Hall–Kier alpha value is -3.36. The van der Waals surface area contributed by atoms with E-state index in [-0.39, 0.29) is 18.6 Å². The summed E-state index contributed by atoms with van der Waals surface area (Å²) in [4.78, 5) is 44.8. The Morgan fingerprint density at radius 3 is 2.62 bits per heavy atom. The van der Waals surface area contributed by atoms with E-state index in [1.54, 1.807) is 19.1 Å². The second-order valence-corrected chi connectivity index (χ2v) is 5.59. The largest absolute Gasteiger partial charge is 0.484 e. The van der Waals surface area contributed by atoms with Crippen molar-refractivity contribution in [1.29, 1.82) is 0 Å². The summed E-state index contributed by atoms with van der Waals surface area (Å²) in [5, 5.41) is 20.5. The highest BCUT2D eigenvalue weighted by Gasteiger charge is 2.21. The van der Waals surface area contributed by atoms with E-state index >= 15 is 0 Å². The number of ether oxygens (including phenoxy) is 1. The highest BCUT2D eigenvalue weighted by molar-refractivity contribution is 5.85. The summed E-state index contributed by atoms with van der Waals surface area (Å²) < 4.78 is 10.3. The molecule has 0 fully saturated rings. The summed E-state index contributed by atoms with van der Waals surface area (Å²) >= 11 is 0. The smallest absolute Gasteiger partial charge is 0.336 e. The van der Waals surface area contributed by atoms with E-state index in [9.17, 15) is 19.2 Å². The van der Waals surface area contributed by atoms with Crippen LogP contribution in [0.1, 0.15) is 18.4 Å². The molecule has 0 bridgehead atoms. The molecule has 0 aliphatic rings. The predicted molar refractivity (Wildman–Crippen MR) is 89.2 cm³/mol. The molecule has 0 saturated heterocycles. The number of benzene rings is 1. The van der Waals surface area contributed by atoms with Gasteiger partial charge in [0.05, 0.1) is 0 Å². The van der Waals surface area contributed by atoms with Gasteiger partial charge in [-0.3, -0.25) is 9.59 Å². The number of aliphatic carboxylic acids is 2. The van der Waals surface area contributed by atoms with Crippen molar-refractivity contribution in [2.24, 2.45) is 0 Å². The Labute approximate surface area is 147 Å². The number of carbonyl (C=O) groups excluding carboxylic acids is 1. The van der Waals surface area contributed by atoms with Gasteiger partial charge in [0.1, 0.15) is 17.4 Å². The van der Waals surface area contributed by atoms with Gasteiger partial charge in [-0.1, -0.05) is 0 Å². The summed E-state index contributed by atoms with van der Waals surface area (Å²) in [6.07, 6.45) is -0.627. The van der Waals surface area contributed by atoms with Crippen LogP contribution < -0.4 is 15.7 Å². The Kier molecular flexibility index (Phi) is 5.94. The van der Waals surface area contributed by atoms with Gasteiger partial charge in [-0.05, 0) is 31.0 Å². The molecule has 2 aromatic rings. The van der Waals surface area contributed by atoms with Crippen LogP contribution in [0.4, 0.5) is 0 Å². The van der Waals surface area contributed by atoms with Crippen molar-refractivity contribution >= 4 is 28.8 Å². The first-order chi connectivity index (χ1) is 12.3. The van der Waals surface area contributed by atoms with Crippen LogP contribution in [0, 0.1) is 6.92 Å². The molecule has 0 saturated carbocycles. The van der Waals surface area contributed by atoms with E-state index < -0.39 is 36.1 Å². The molecule has 1 heterocycles. The van der Waals surface area contributed by atoms with Crippen LogP contribution in [0.3, 0.4) is 0 Å². The number of amides is 1. The van der Waals surface area contributed by atoms with Gasteiger partial charge in [0, 0.05) is 23.9 Å². The minimum Gasteiger partial charge on any atom is -0.484 e. The lowest BCUT2D eigenvalue weighted by atomic mass is 10.1. The molecule has 9 nitrogen and oxygen atoms in total. The lowest BCUT2D eigenvalue weighted by Crippen LogP contribution is -2.43. The molecule has 1 amide bonds. The van der Waals surface area contributed by atoms with Crippen molar-refractivity contribution in [2.45, 2.75) is 25.8 Å². The van der Waals surface area contributed by atoms with E-state index in [4.69, 9.17) is 19.4 Å². The molecule has 26 heavy (non-hydrogen) atoms. The van der Waals surface area contributed by atoms with E-state index in [0.717, 1.165) is 10.9 Å². The molecule has 9 heteroatoms. The van der Waals surface area contributed by atoms with Crippen LogP contribution in [0.15, 0.2) is 33.5 Å². The first-order valence-corrected chi connectivity index (χ1v) is 7.67. The minimum atomic E-state index is -1.33. The zero-order valence-corrected chi connectivity index (χ0v) is 13.9. The van der Waals surface area contributed by atoms with Crippen molar-refractivity contribution in [3.8, 4) is 5.75 Å². The molecule has 0 aliphatic carbocycles. The van der Waals surface area contributed by atoms with Gasteiger partial charge in [0.15, 0.2) is 6.61 Å². The standard InChI is InChI=1S/C17H17NO8/c1-9-6-16(22)26-13-7-10(2-3-11(9)13)25-8-14(19)18-12(17(23)24)4-5-15(20)21/h2-3,6-7,12H,4-5,8H2,1H3,(H,18,19)(H,20,21)(H,23,24). The van der Waals surface area contributed by atoms with E-state index in [1.165, 1.54) is 12.1 Å². The molecule has 3 N–H and O–H groups in total. The van der Waals surface area contributed by atoms with E-state index in [0.29, 0.717) is 5.58 Å². The second-order valence-electron chi connectivity index (χ2n) is 5.59. The van der Waals surface area contributed by atoms with E-state index in [1.807, 2.05) is 0 Å². The van der Waals surface area contributed by atoms with Crippen LogP contribution in [0.2, 0.25) is 0 Å². The molecule has 2 rings (SSSR count). The molecule has 1 aromatic carbocycles. The van der Waals surface area contributed by atoms with Crippen molar-refractivity contribution in [1.82, 2.24) is 5.32 Å². The highest BCUT2D eigenvalue weighted by atomic mass is 16.5. The quantitative estimate of drug-likeness (QED) is 0.587. The third-order valence-corrected chi connectivity index (χ3v) is 3.57. The van der Waals surface area contributed by atoms with Crippen LogP contribution in [-0.4, -0.2) is 40.7 Å². The highest BCUT2D eigenvalue weighted by Crippen LogP contribution is 2.22. The number of rotatable bonds is 8. The number of carbonyl (C=O) groups is 3. The minimum absolute atomic E-state index is 0.239. The monoisotopic (exact) mass is 363 g/mol. The molecule has 1 aromatic heterocycles. The predicted octanol–water partition coefficient (Wildman–Crippen LogP) is 0.914. The van der Waals surface area contributed by atoms with Crippen LogP contribution in [0.25, 0.3) is 11.0 Å². The average Bonchev–Trinajstić information content (AvgIpc) is 2.55. The molecular weight excluding hydrogens is 346 g/mol. The molecular formula is C17H17NO8. The summed E-state index contributed by atoms with van der Waals surface area (Å²) in [5.74, 6) is -2.94. The van der Waals surface area contributed by atoms with Crippen molar-refractivity contribution < 1.29 is 33.8 Å². The van der Waals surface area contributed by atoms with Crippen molar-refractivity contribution in [3.63, 3.8) is 0 Å². The molecule has 0 spiro atoms. The van der Waals surface area contributed by atoms with Gasteiger partial charge in [-0.25, -0.2) is 9.59 Å². The molecule has 0 radical (unpaired) electrons. The second kappa shape index (κ2) is 8.15. The Morgan fingerprint density at radius 1 is 1.23 bits per heavy atom. The number of carboxylic acid groups (broad SMARTS) is 2. The first kappa shape index (κ1) is 19.0. The lowest BCUT2D eigenvalue weighted by molar-refractivity contribution is -0.143. The zero-order valence-electron chi connectivity index (χ0n) is 13.9. The average molecular weight is 363 g/mol. The fourth-order valence-corrected chi connectivity index (χ4v) is 2.31. The number of fused-ring (bicyclic) bond motifs is 1. The first-order valence-electron chi connectivity index (χ1n) is 7.67. The topological polar surface area (TPSA) is 143 Å². The van der Waals surface area contributed by atoms with E-state index in [2.05, 4.69) is 5.32 Å². The van der Waals surface area contributed by atoms with Gasteiger partial charge < -0.3 is 24.7 Å². The van der Waals surface area contributed by atoms with Gasteiger partial charge in [0.2, 0.25) is 0 Å². The Morgan fingerprint density at radius 2 is 1.96 bits per heavy atom. The summed E-state index contributed by atoms with van der Waals surface area (Å²) in [7, 11) is 0. The molecule has 138 valence electrons. The maximum Gasteiger partial charge on any atom is 0.336 e. The maximum atomic E-state index is 11.8. The lowest BCUT2D eigenvalue weighted by Gasteiger charge is -2.14. The Balaban J connectivity index is 2.00. The van der Waals surface area contributed by atoms with Gasteiger partial charge in [-0.15, -0.1) is 0 Å². The molecule has 1 unspecified atom stereocenters. The van der Waals surface area contributed by atoms with Gasteiger partial charge in [0.25, 0.3) is 5.91 Å². The summed E-state index contributed by atoms with van der Waals surface area (Å²) in [5.41, 5.74) is 0.536.